The Morgan fingerprint density at radius 3 is 2.10 bits per heavy atom. The van der Waals surface area contributed by atoms with Crippen LogP contribution in [0.4, 0.5) is 4.39 Å². The highest BCUT2D eigenvalue weighted by Gasteiger charge is 2.16. The second-order valence-electron chi connectivity index (χ2n) is 6.24. The molecule has 1 unspecified atom stereocenters. The molecule has 20 heavy (non-hydrogen) atoms. The molecule has 0 spiro atoms. The number of aryl methyl sites for hydroxylation is 1. The van der Waals surface area contributed by atoms with E-state index in [4.69, 9.17) is 11.6 Å². The van der Waals surface area contributed by atoms with Crippen molar-refractivity contribution >= 4 is 11.6 Å². The molecule has 0 aliphatic carbocycles. The molecule has 0 aliphatic heterocycles. The lowest BCUT2D eigenvalue weighted by molar-refractivity contribution is 0.590. The molecular formula is C18H20ClF. The molecule has 0 N–H and O–H groups in total. The van der Waals surface area contributed by atoms with E-state index in [-0.39, 0.29) is 16.6 Å². The van der Waals surface area contributed by atoms with Crippen LogP contribution in [-0.2, 0) is 5.41 Å². The molecule has 0 heterocycles. The zero-order chi connectivity index (χ0) is 14.9. The van der Waals surface area contributed by atoms with Gasteiger partial charge in [-0.3, -0.25) is 0 Å². The van der Waals surface area contributed by atoms with Crippen LogP contribution in [0.1, 0.15) is 48.4 Å². The van der Waals surface area contributed by atoms with Crippen molar-refractivity contribution in [1.29, 1.82) is 0 Å². The topological polar surface area (TPSA) is 0 Å². The van der Waals surface area contributed by atoms with Crippen molar-refractivity contribution in [1.82, 2.24) is 0 Å². The van der Waals surface area contributed by atoms with Gasteiger partial charge in [-0.1, -0.05) is 51.1 Å². The van der Waals surface area contributed by atoms with Crippen LogP contribution in [0.15, 0.2) is 42.5 Å². The van der Waals surface area contributed by atoms with E-state index in [0.717, 1.165) is 16.7 Å². The maximum atomic E-state index is 13.2. The minimum absolute atomic E-state index is 0.131. The second kappa shape index (κ2) is 5.57. The summed E-state index contributed by atoms with van der Waals surface area (Å²) in [5.41, 5.74) is 4.28. The van der Waals surface area contributed by atoms with E-state index >= 15 is 0 Å². The number of alkyl halides is 1. The average Bonchev–Trinajstić information content (AvgIpc) is 2.37. The largest absolute Gasteiger partial charge is 0.207 e. The molecule has 0 bridgehead atoms. The summed E-state index contributed by atoms with van der Waals surface area (Å²) >= 11 is 6.53. The minimum Gasteiger partial charge on any atom is -0.207 e. The van der Waals surface area contributed by atoms with Crippen molar-refractivity contribution in [3.8, 4) is 0 Å². The summed E-state index contributed by atoms with van der Waals surface area (Å²) in [5, 5.41) is -0.246. The van der Waals surface area contributed by atoms with Gasteiger partial charge in [0.2, 0.25) is 0 Å². The Labute approximate surface area is 125 Å². The number of rotatable bonds is 2. The van der Waals surface area contributed by atoms with Gasteiger partial charge in [-0.25, -0.2) is 4.39 Å². The van der Waals surface area contributed by atoms with Crippen LogP contribution in [0.25, 0.3) is 0 Å². The average molecular weight is 291 g/mol. The Hall–Kier alpha value is -1.34. The van der Waals surface area contributed by atoms with Crippen molar-refractivity contribution in [2.75, 3.05) is 0 Å². The third-order valence-corrected chi connectivity index (χ3v) is 4.06. The molecule has 2 aromatic rings. The summed E-state index contributed by atoms with van der Waals surface area (Å²) < 4.78 is 13.2. The van der Waals surface area contributed by atoms with Gasteiger partial charge in [-0.05, 0) is 46.7 Å². The van der Waals surface area contributed by atoms with Gasteiger partial charge in [0.25, 0.3) is 0 Å². The highest BCUT2D eigenvalue weighted by molar-refractivity contribution is 6.22. The Kier molecular flexibility index (Phi) is 4.19. The van der Waals surface area contributed by atoms with Gasteiger partial charge >= 0.3 is 0 Å². The molecule has 2 heteroatoms. The van der Waals surface area contributed by atoms with Crippen molar-refractivity contribution in [2.45, 2.75) is 38.5 Å². The maximum Gasteiger partial charge on any atom is 0.123 e. The molecule has 0 amide bonds. The molecule has 0 aliphatic rings. The first kappa shape index (κ1) is 15.1. The smallest absolute Gasteiger partial charge is 0.123 e. The predicted molar refractivity (Wildman–Crippen MR) is 84.0 cm³/mol. The highest BCUT2D eigenvalue weighted by atomic mass is 35.5. The molecule has 0 nitrogen and oxygen atoms in total. The number of hydrogen-bond donors (Lipinski definition) is 0. The van der Waals surface area contributed by atoms with E-state index < -0.39 is 0 Å². The minimum atomic E-state index is -0.246. The van der Waals surface area contributed by atoms with Crippen LogP contribution < -0.4 is 0 Å². The highest BCUT2D eigenvalue weighted by Crippen LogP contribution is 2.32. The van der Waals surface area contributed by atoms with E-state index in [9.17, 15) is 4.39 Å². The third-order valence-electron chi connectivity index (χ3n) is 3.57. The quantitative estimate of drug-likeness (QED) is 0.617. The van der Waals surface area contributed by atoms with Crippen molar-refractivity contribution < 1.29 is 4.39 Å². The van der Waals surface area contributed by atoms with Crippen LogP contribution in [0.2, 0.25) is 0 Å². The summed E-state index contributed by atoms with van der Waals surface area (Å²) in [6.07, 6.45) is 0. The zero-order valence-electron chi connectivity index (χ0n) is 12.4. The standard InChI is InChI=1S/C18H20ClF/c1-12-11-15(20)9-10-16(12)17(19)13-5-7-14(8-6-13)18(2,3)4/h5-11,17H,1-4H3. The lowest BCUT2D eigenvalue weighted by atomic mass is 9.86. The molecule has 0 radical (unpaired) electrons. The number of hydrogen-bond acceptors (Lipinski definition) is 0. The first-order chi connectivity index (χ1) is 9.29. The SMILES string of the molecule is Cc1cc(F)ccc1C(Cl)c1ccc(C(C)(C)C)cc1. The molecule has 0 saturated heterocycles. The van der Waals surface area contributed by atoms with E-state index in [1.807, 2.05) is 6.92 Å². The van der Waals surface area contributed by atoms with Crippen molar-refractivity contribution in [2.24, 2.45) is 0 Å². The van der Waals surface area contributed by atoms with Gasteiger partial charge < -0.3 is 0 Å². The Bertz CT molecular complexity index is 594. The lowest BCUT2D eigenvalue weighted by Gasteiger charge is -2.20. The fourth-order valence-electron chi connectivity index (χ4n) is 2.26. The molecule has 0 fully saturated rings. The molecule has 2 rings (SSSR count). The van der Waals surface area contributed by atoms with E-state index in [1.54, 1.807) is 6.07 Å². The lowest BCUT2D eigenvalue weighted by Crippen LogP contribution is -2.10. The summed E-state index contributed by atoms with van der Waals surface area (Å²) in [7, 11) is 0. The van der Waals surface area contributed by atoms with Gasteiger partial charge in [0.05, 0.1) is 5.38 Å². The van der Waals surface area contributed by atoms with Crippen LogP contribution in [0.3, 0.4) is 0 Å². The maximum absolute atomic E-state index is 13.2. The Balaban J connectivity index is 2.31. The monoisotopic (exact) mass is 290 g/mol. The van der Waals surface area contributed by atoms with Crippen LogP contribution in [0, 0.1) is 12.7 Å². The predicted octanol–water partition coefficient (Wildman–Crippen LogP) is 5.76. The van der Waals surface area contributed by atoms with Crippen LogP contribution in [0.5, 0.6) is 0 Å². The van der Waals surface area contributed by atoms with E-state index in [2.05, 4.69) is 45.0 Å². The van der Waals surface area contributed by atoms with Gasteiger partial charge in [-0.2, -0.15) is 0 Å². The summed E-state index contributed by atoms with van der Waals surface area (Å²) in [5.74, 6) is -0.224. The molecule has 0 saturated carbocycles. The summed E-state index contributed by atoms with van der Waals surface area (Å²) in [4.78, 5) is 0. The molecule has 106 valence electrons. The fourth-order valence-corrected chi connectivity index (χ4v) is 2.65. The zero-order valence-corrected chi connectivity index (χ0v) is 13.1. The van der Waals surface area contributed by atoms with Gasteiger partial charge in [0.1, 0.15) is 5.82 Å². The first-order valence-electron chi connectivity index (χ1n) is 6.79. The molecular weight excluding hydrogens is 271 g/mol. The van der Waals surface area contributed by atoms with Crippen LogP contribution in [-0.4, -0.2) is 0 Å². The fraction of sp³-hybridized carbons (Fsp3) is 0.333. The van der Waals surface area contributed by atoms with Gasteiger partial charge in [-0.15, -0.1) is 11.6 Å². The van der Waals surface area contributed by atoms with Gasteiger partial charge in [0.15, 0.2) is 0 Å². The Morgan fingerprint density at radius 2 is 1.60 bits per heavy atom. The molecule has 0 aromatic heterocycles. The normalized spacial score (nSPS) is 13.3. The number of halogens is 2. The first-order valence-corrected chi connectivity index (χ1v) is 7.23. The van der Waals surface area contributed by atoms with E-state index in [0.29, 0.717) is 0 Å². The van der Waals surface area contributed by atoms with Crippen LogP contribution >= 0.6 is 11.6 Å². The number of benzene rings is 2. The van der Waals surface area contributed by atoms with Gasteiger partial charge in [0, 0.05) is 0 Å². The van der Waals surface area contributed by atoms with Crippen molar-refractivity contribution in [3.63, 3.8) is 0 Å². The second-order valence-corrected chi connectivity index (χ2v) is 6.67. The van der Waals surface area contributed by atoms with E-state index in [1.165, 1.54) is 17.7 Å². The summed E-state index contributed by atoms with van der Waals surface area (Å²) in [6.45, 7) is 8.44. The Morgan fingerprint density at radius 1 is 1.00 bits per heavy atom. The molecule has 2 aromatic carbocycles. The summed E-state index contributed by atoms with van der Waals surface area (Å²) in [6, 6.07) is 13.1. The van der Waals surface area contributed by atoms with Crippen molar-refractivity contribution in [3.05, 3.63) is 70.5 Å². The molecule has 1 atom stereocenters. The third kappa shape index (κ3) is 3.21.